The van der Waals surface area contributed by atoms with Crippen LogP contribution in [-0.2, 0) is 9.59 Å². The lowest BCUT2D eigenvalue weighted by atomic mass is 10.0. The maximum atomic E-state index is 15.1. The Morgan fingerprint density at radius 3 is 2.83 bits per heavy atom. The Labute approximate surface area is 180 Å². The molecule has 0 aromatic carbocycles. The summed E-state index contributed by atoms with van der Waals surface area (Å²) in [5.74, 6) is -2.09. The summed E-state index contributed by atoms with van der Waals surface area (Å²) in [5, 5.41) is 9.68. The minimum absolute atomic E-state index is 0.0176. The number of carbonyl (C=O) groups is 2. The summed E-state index contributed by atoms with van der Waals surface area (Å²) in [6.07, 6.45) is 2.25. The Hall–Kier alpha value is -2.24. The third kappa shape index (κ3) is 6.38. The van der Waals surface area contributed by atoms with Crippen LogP contribution in [0.4, 0.5) is 16.0 Å². The molecule has 0 aliphatic carbocycles. The molecule has 1 aliphatic heterocycles. The van der Waals surface area contributed by atoms with E-state index in [1.807, 2.05) is 25.8 Å². The summed E-state index contributed by atoms with van der Waals surface area (Å²) in [7, 11) is 1.99. The first-order valence-corrected chi connectivity index (χ1v) is 10.3. The molecular weight excluding hydrogens is 417 g/mol. The Kier molecular flexibility index (Phi) is 9.00. The molecule has 0 unspecified atom stereocenters. The zero-order chi connectivity index (χ0) is 22.3. The molecule has 168 valence electrons. The summed E-state index contributed by atoms with van der Waals surface area (Å²) in [6.45, 7) is 5.82. The number of anilines is 2. The van der Waals surface area contributed by atoms with Crippen molar-refractivity contribution in [1.82, 2.24) is 25.4 Å². The fourth-order valence-corrected chi connectivity index (χ4v) is 3.55. The first-order valence-electron chi connectivity index (χ1n) is 9.91. The van der Waals surface area contributed by atoms with Crippen LogP contribution in [0.1, 0.15) is 33.1 Å². The Morgan fingerprint density at radius 2 is 2.20 bits per heavy atom. The van der Waals surface area contributed by atoms with Crippen LogP contribution < -0.4 is 15.8 Å². The van der Waals surface area contributed by atoms with Gasteiger partial charge in [0.15, 0.2) is 11.6 Å². The van der Waals surface area contributed by atoms with E-state index in [9.17, 15) is 14.8 Å². The SMILES string of the molecule is CCCC[C@H](CN(O)C=O)C(=O)NNc1nc(Cl)nc(N2CCN(C)C[C@H]2C)c1F. The Morgan fingerprint density at radius 1 is 1.47 bits per heavy atom. The first kappa shape index (κ1) is 24.0. The lowest BCUT2D eigenvalue weighted by Gasteiger charge is -2.39. The molecule has 1 aromatic heterocycles. The highest BCUT2D eigenvalue weighted by atomic mass is 35.5. The lowest BCUT2D eigenvalue weighted by molar-refractivity contribution is -0.154. The van der Waals surface area contributed by atoms with Crippen LogP contribution in [0.5, 0.6) is 0 Å². The number of aromatic nitrogens is 2. The van der Waals surface area contributed by atoms with Crippen LogP contribution in [0.25, 0.3) is 0 Å². The number of hydrogen-bond acceptors (Lipinski definition) is 8. The van der Waals surface area contributed by atoms with Gasteiger partial charge in [0.2, 0.25) is 23.4 Å². The third-order valence-electron chi connectivity index (χ3n) is 5.02. The summed E-state index contributed by atoms with van der Waals surface area (Å²) >= 11 is 5.99. The lowest BCUT2D eigenvalue weighted by Crippen LogP contribution is -2.51. The molecule has 3 N–H and O–H groups in total. The smallest absolute Gasteiger partial charge is 0.243 e. The van der Waals surface area contributed by atoms with E-state index in [4.69, 9.17) is 11.6 Å². The van der Waals surface area contributed by atoms with E-state index in [1.165, 1.54) is 0 Å². The number of likely N-dealkylation sites (N-methyl/N-ethyl adjacent to an activating group) is 1. The molecule has 2 atom stereocenters. The number of halogens is 2. The second-order valence-corrected chi connectivity index (χ2v) is 7.80. The second kappa shape index (κ2) is 11.2. The predicted octanol–water partition coefficient (Wildman–Crippen LogP) is 1.51. The van der Waals surface area contributed by atoms with E-state index in [-0.39, 0.29) is 35.9 Å². The molecule has 10 nitrogen and oxygen atoms in total. The summed E-state index contributed by atoms with van der Waals surface area (Å²) in [5.41, 5.74) is 4.86. The van der Waals surface area contributed by atoms with Gasteiger partial charge in [-0.05, 0) is 32.0 Å². The Bertz CT molecular complexity index is 742. The summed E-state index contributed by atoms with van der Waals surface area (Å²) < 4.78 is 15.1. The molecule has 1 saturated heterocycles. The molecule has 0 spiro atoms. The molecule has 12 heteroatoms. The normalized spacial score (nSPS) is 18.1. The standard InChI is InChI=1S/C18H29ClFN7O3/c1-4-5-6-13(10-26(30)11-28)17(29)24-23-15-14(20)16(22-18(19)21-15)27-8-7-25(3)9-12(27)2/h11-13,30H,4-10H2,1-3H3,(H,24,29)(H,21,22,23)/t12-,13-/m1/s1. The maximum absolute atomic E-state index is 15.1. The van der Waals surface area contributed by atoms with E-state index in [0.29, 0.717) is 18.0 Å². The zero-order valence-electron chi connectivity index (χ0n) is 17.4. The number of nitrogens with one attached hydrogen (secondary N) is 2. The van der Waals surface area contributed by atoms with Crippen LogP contribution >= 0.6 is 11.6 Å². The van der Waals surface area contributed by atoms with Gasteiger partial charge in [-0.2, -0.15) is 14.4 Å². The number of piperazine rings is 1. The van der Waals surface area contributed by atoms with Crippen LogP contribution in [0.15, 0.2) is 0 Å². The topological polar surface area (TPSA) is 114 Å². The van der Waals surface area contributed by atoms with Crippen LogP contribution in [-0.4, -0.2) is 76.7 Å². The average molecular weight is 446 g/mol. The molecule has 1 aliphatic rings. The molecule has 0 saturated carbocycles. The molecule has 30 heavy (non-hydrogen) atoms. The monoisotopic (exact) mass is 445 g/mol. The van der Waals surface area contributed by atoms with Gasteiger partial charge in [0.05, 0.1) is 12.5 Å². The minimum Gasteiger partial charge on any atom is -0.349 e. The summed E-state index contributed by atoms with van der Waals surface area (Å²) in [4.78, 5) is 35.0. The quantitative estimate of drug-likeness (QED) is 0.215. The van der Waals surface area contributed by atoms with Crippen molar-refractivity contribution in [1.29, 1.82) is 0 Å². The number of hydrazine groups is 1. The largest absolute Gasteiger partial charge is 0.349 e. The molecule has 0 bridgehead atoms. The van der Waals surface area contributed by atoms with Crippen molar-refractivity contribution in [3.05, 3.63) is 11.1 Å². The average Bonchev–Trinajstić information content (AvgIpc) is 2.71. The number of hydroxylamine groups is 2. The van der Waals surface area contributed by atoms with Crippen LogP contribution in [0.2, 0.25) is 5.28 Å². The van der Waals surface area contributed by atoms with E-state index in [2.05, 4.69) is 25.7 Å². The highest BCUT2D eigenvalue weighted by molar-refractivity contribution is 6.28. The van der Waals surface area contributed by atoms with E-state index < -0.39 is 17.6 Å². The van der Waals surface area contributed by atoms with E-state index in [1.54, 1.807) is 0 Å². The van der Waals surface area contributed by atoms with Crippen LogP contribution in [0, 0.1) is 11.7 Å². The molecule has 1 aromatic rings. The molecule has 2 heterocycles. The van der Waals surface area contributed by atoms with Gasteiger partial charge in [0, 0.05) is 25.7 Å². The van der Waals surface area contributed by atoms with Crippen molar-refractivity contribution in [2.24, 2.45) is 5.92 Å². The highest BCUT2D eigenvalue weighted by Crippen LogP contribution is 2.27. The second-order valence-electron chi connectivity index (χ2n) is 7.46. The number of unbranched alkanes of at least 4 members (excludes halogenated alkanes) is 1. The minimum atomic E-state index is -0.724. The fourth-order valence-electron chi connectivity index (χ4n) is 3.38. The summed E-state index contributed by atoms with van der Waals surface area (Å²) in [6, 6.07) is 0.0176. The van der Waals surface area contributed by atoms with Gasteiger partial charge in [0.1, 0.15) is 0 Å². The van der Waals surface area contributed by atoms with Crippen molar-refractivity contribution in [3.8, 4) is 0 Å². The van der Waals surface area contributed by atoms with Crippen molar-refractivity contribution < 1.29 is 19.2 Å². The van der Waals surface area contributed by atoms with Gasteiger partial charge in [-0.3, -0.25) is 25.6 Å². The first-order chi connectivity index (χ1) is 14.3. The molecule has 2 rings (SSSR count). The number of nitrogens with zero attached hydrogens (tertiary/aromatic N) is 5. The van der Waals surface area contributed by atoms with Crippen LogP contribution in [0.3, 0.4) is 0 Å². The Balaban J connectivity index is 2.12. The fraction of sp³-hybridized carbons (Fsp3) is 0.667. The zero-order valence-corrected chi connectivity index (χ0v) is 18.2. The number of hydrogen-bond donors (Lipinski definition) is 3. The van der Waals surface area contributed by atoms with Gasteiger partial charge in [-0.25, -0.2) is 5.06 Å². The number of amides is 2. The maximum Gasteiger partial charge on any atom is 0.243 e. The molecule has 2 amide bonds. The predicted molar refractivity (Wildman–Crippen MR) is 111 cm³/mol. The van der Waals surface area contributed by atoms with Gasteiger partial charge < -0.3 is 9.80 Å². The van der Waals surface area contributed by atoms with Crippen molar-refractivity contribution in [3.63, 3.8) is 0 Å². The van der Waals surface area contributed by atoms with Gasteiger partial charge >= 0.3 is 0 Å². The van der Waals surface area contributed by atoms with Gasteiger partial charge in [0.25, 0.3) is 0 Å². The van der Waals surface area contributed by atoms with Crippen molar-refractivity contribution in [2.45, 2.75) is 39.2 Å². The van der Waals surface area contributed by atoms with E-state index >= 15 is 4.39 Å². The van der Waals surface area contributed by atoms with Gasteiger partial charge in [-0.15, -0.1) is 0 Å². The number of carbonyl (C=O) groups excluding carboxylic acids is 2. The highest BCUT2D eigenvalue weighted by Gasteiger charge is 2.28. The molecular formula is C18H29ClFN7O3. The third-order valence-corrected chi connectivity index (χ3v) is 5.19. The van der Waals surface area contributed by atoms with Crippen molar-refractivity contribution >= 4 is 35.6 Å². The molecule has 1 fully saturated rings. The number of rotatable bonds is 10. The molecule has 0 radical (unpaired) electrons. The van der Waals surface area contributed by atoms with Gasteiger partial charge in [-0.1, -0.05) is 19.8 Å². The van der Waals surface area contributed by atoms with Crippen molar-refractivity contribution in [2.75, 3.05) is 43.6 Å². The van der Waals surface area contributed by atoms with E-state index in [0.717, 1.165) is 25.9 Å².